The van der Waals surface area contributed by atoms with Gasteiger partial charge in [0, 0.05) is 17.8 Å². The minimum atomic E-state index is -0.110. The number of thiophene rings is 1. The summed E-state index contributed by atoms with van der Waals surface area (Å²) < 4.78 is 2.01. The Morgan fingerprint density at radius 1 is 1.22 bits per heavy atom. The van der Waals surface area contributed by atoms with Crippen LogP contribution in [0, 0.1) is 11.3 Å². The van der Waals surface area contributed by atoms with Gasteiger partial charge in [-0.1, -0.05) is 48.5 Å². The van der Waals surface area contributed by atoms with Crippen LogP contribution in [0.5, 0.6) is 0 Å². The first-order chi connectivity index (χ1) is 15.7. The van der Waals surface area contributed by atoms with E-state index in [2.05, 4.69) is 45.8 Å². The molecule has 1 amide bonds. The highest BCUT2D eigenvalue weighted by atomic mass is 32.2. The lowest BCUT2D eigenvalue weighted by atomic mass is 10.1. The van der Waals surface area contributed by atoms with E-state index in [0.717, 1.165) is 48.6 Å². The number of fused-ring (bicyclic) bond motifs is 1. The summed E-state index contributed by atoms with van der Waals surface area (Å²) >= 11 is 2.96. The SMILES string of the molecule is Cn1c(SCC(=O)Nc2sc3c(c2C#N)CCCCC3)nnc1C1CC1c1ccccc1. The van der Waals surface area contributed by atoms with E-state index >= 15 is 0 Å². The second-order valence-corrected chi connectivity index (χ2v) is 10.5. The standard InChI is InChI=1S/C24H25N5OS2/c1-29-22(18-12-17(18)15-8-4-2-5-9-15)27-28-24(29)31-14-21(30)26-23-19(13-25)16-10-6-3-7-11-20(16)32-23/h2,4-5,8-9,17-18H,3,6-7,10-12,14H2,1H3,(H,26,30). The lowest BCUT2D eigenvalue weighted by Crippen LogP contribution is -2.14. The molecule has 2 aliphatic carbocycles. The van der Waals surface area contributed by atoms with Crippen LogP contribution in [0.25, 0.3) is 0 Å². The number of thioether (sulfide) groups is 1. The molecule has 0 radical (unpaired) electrons. The molecule has 5 rings (SSSR count). The van der Waals surface area contributed by atoms with E-state index in [9.17, 15) is 10.1 Å². The average molecular weight is 464 g/mol. The van der Waals surface area contributed by atoms with E-state index in [-0.39, 0.29) is 11.7 Å². The third-order valence-electron chi connectivity index (χ3n) is 6.34. The smallest absolute Gasteiger partial charge is 0.235 e. The molecule has 1 aromatic carbocycles. The predicted molar refractivity (Wildman–Crippen MR) is 127 cm³/mol. The molecule has 6 nitrogen and oxygen atoms in total. The summed E-state index contributed by atoms with van der Waals surface area (Å²) in [5.41, 5.74) is 3.15. The first kappa shape index (κ1) is 21.2. The molecule has 2 atom stereocenters. The molecule has 2 heterocycles. The van der Waals surface area contributed by atoms with Gasteiger partial charge in [0.05, 0.1) is 11.3 Å². The van der Waals surface area contributed by atoms with E-state index in [1.807, 2.05) is 17.7 Å². The molecule has 8 heteroatoms. The summed E-state index contributed by atoms with van der Waals surface area (Å²) in [6.07, 6.45) is 6.50. The summed E-state index contributed by atoms with van der Waals surface area (Å²) in [6.45, 7) is 0. The van der Waals surface area contributed by atoms with Gasteiger partial charge >= 0.3 is 0 Å². The fourth-order valence-electron chi connectivity index (χ4n) is 4.57. The Morgan fingerprint density at radius 3 is 2.84 bits per heavy atom. The molecule has 2 unspecified atom stereocenters. The van der Waals surface area contributed by atoms with E-state index in [4.69, 9.17) is 0 Å². The van der Waals surface area contributed by atoms with Crippen molar-refractivity contribution in [2.24, 2.45) is 7.05 Å². The van der Waals surface area contributed by atoms with Gasteiger partial charge in [0.1, 0.15) is 16.9 Å². The number of anilines is 1. The summed E-state index contributed by atoms with van der Waals surface area (Å²) in [7, 11) is 1.97. The largest absolute Gasteiger partial charge is 0.316 e. The number of rotatable bonds is 6. The van der Waals surface area contributed by atoms with Gasteiger partial charge in [-0.2, -0.15) is 5.26 Å². The van der Waals surface area contributed by atoms with Crippen LogP contribution in [0.15, 0.2) is 35.5 Å². The summed E-state index contributed by atoms with van der Waals surface area (Å²) in [5, 5.41) is 22.8. The topological polar surface area (TPSA) is 83.6 Å². The van der Waals surface area contributed by atoms with Crippen LogP contribution in [-0.4, -0.2) is 26.4 Å². The number of amides is 1. The highest BCUT2D eigenvalue weighted by Gasteiger charge is 2.42. The molecule has 1 fully saturated rings. The van der Waals surface area contributed by atoms with Crippen molar-refractivity contribution in [3.63, 3.8) is 0 Å². The number of hydrogen-bond acceptors (Lipinski definition) is 6. The molecule has 2 aromatic heterocycles. The number of aromatic nitrogens is 3. The lowest BCUT2D eigenvalue weighted by molar-refractivity contribution is -0.113. The first-order valence-corrected chi connectivity index (χ1v) is 12.9. The molecule has 0 saturated heterocycles. The van der Waals surface area contributed by atoms with Crippen molar-refractivity contribution in [3.8, 4) is 6.07 Å². The molecule has 0 aliphatic heterocycles. The Hall–Kier alpha value is -2.63. The Kier molecular flexibility index (Phi) is 6.03. The fourth-order valence-corrected chi connectivity index (χ4v) is 6.54. The van der Waals surface area contributed by atoms with Crippen LogP contribution in [0.4, 0.5) is 5.00 Å². The van der Waals surface area contributed by atoms with Crippen LogP contribution in [0.2, 0.25) is 0 Å². The van der Waals surface area contributed by atoms with Crippen molar-refractivity contribution in [2.45, 2.75) is 55.5 Å². The minimum Gasteiger partial charge on any atom is -0.316 e. The number of benzene rings is 1. The number of nitrogens with one attached hydrogen (secondary N) is 1. The van der Waals surface area contributed by atoms with Crippen LogP contribution < -0.4 is 5.32 Å². The fraction of sp³-hybridized carbons (Fsp3) is 0.417. The Balaban J connectivity index is 1.21. The van der Waals surface area contributed by atoms with Gasteiger partial charge in [0.2, 0.25) is 5.91 Å². The maximum absolute atomic E-state index is 12.6. The van der Waals surface area contributed by atoms with Gasteiger partial charge < -0.3 is 9.88 Å². The number of carbonyl (C=O) groups excluding carboxylic acids is 1. The van der Waals surface area contributed by atoms with E-state index in [0.29, 0.717) is 22.4 Å². The van der Waals surface area contributed by atoms with E-state index in [1.165, 1.54) is 28.6 Å². The number of aryl methyl sites for hydroxylation is 1. The normalized spacial score (nSPS) is 19.6. The number of nitriles is 1. The third-order valence-corrected chi connectivity index (χ3v) is 8.56. The van der Waals surface area contributed by atoms with Gasteiger partial charge in [-0.15, -0.1) is 21.5 Å². The van der Waals surface area contributed by atoms with Crippen molar-refractivity contribution in [2.75, 3.05) is 11.1 Å². The van der Waals surface area contributed by atoms with E-state index in [1.54, 1.807) is 11.3 Å². The van der Waals surface area contributed by atoms with Gasteiger partial charge in [-0.3, -0.25) is 4.79 Å². The summed E-state index contributed by atoms with van der Waals surface area (Å²) in [4.78, 5) is 13.9. The molecule has 164 valence electrons. The molecular weight excluding hydrogens is 438 g/mol. The third kappa shape index (κ3) is 4.19. The molecular formula is C24H25N5OS2. The molecule has 0 spiro atoms. The molecule has 2 aliphatic rings. The van der Waals surface area contributed by atoms with Crippen molar-refractivity contribution >= 4 is 34.0 Å². The quantitative estimate of drug-likeness (QED) is 0.410. The maximum Gasteiger partial charge on any atom is 0.235 e. The molecule has 32 heavy (non-hydrogen) atoms. The zero-order valence-corrected chi connectivity index (χ0v) is 19.6. The van der Waals surface area contributed by atoms with Gasteiger partial charge in [-0.25, -0.2) is 0 Å². The number of hydrogen-bond donors (Lipinski definition) is 1. The highest BCUT2D eigenvalue weighted by molar-refractivity contribution is 7.99. The lowest BCUT2D eigenvalue weighted by Gasteiger charge is -2.05. The van der Waals surface area contributed by atoms with Gasteiger partial charge in [0.25, 0.3) is 0 Å². The van der Waals surface area contributed by atoms with Gasteiger partial charge in [-0.05, 0) is 49.1 Å². The number of carbonyl (C=O) groups is 1. The first-order valence-electron chi connectivity index (χ1n) is 11.1. The predicted octanol–water partition coefficient (Wildman–Crippen LogP) is 5.02. The van der Waals surface area contributed by atoms with Crippen LogP contribution >= 0.6 is 23.1 Å². The molecule has 0 bridgehead atoms. The second-order valence-electron chi connectivity index (χ2n) is 8.48. The molecule has 3 aromatic rings. The zero-order valence-electron chi connectivity index (χ0n) is 18.0. The molecule has 1 N–H and O–H groups in total. The Morgan fingerprint density at radius 2 is 2.03 bits per heavy atom. The van der Waals surface area contributed by atoms with Crippen molar-refractivity contribution < 1.29 is 4.79 Å². The van der Waals surface area contributed by atoms with Crippen molar-refractivity contribution in [3.05, 3.63) is 57.7 Å². The number of nitrogens with zero attached hydrogens (tertiary/aromatic N) is 4. The zero-order chi connectivity index (χ0) is 22.1. The molecule has 1 saturated carbocycles. The van der Waals surface area contributed by atoms with Gasteiger partial charge in [0.15, 0.2) is 5.16 Å². The van der Waals surface area contributed by atoms with Crippen molar-refractivity contribution in [1.29, 1.82) is 5.26 Å². The summed E-state index contributed by atoms with van der Waals surface area (Å²) in [6, 6.07) is 12.8. The Bertz CT molecular complexity index is 1180. The average Bonchev–Trinajstić information content (AvgIpc) is 3.48. The maximum atomic E-state index is 12.6. The minimum absolute atomic E-state index is 0.110. The van der Waals surface area contributed by atoms with Crippen LogP contribution in [0.3, 0.4) is 0 Å². The second kappa shape index (κ2) is 9.08. The Labute approximate surface area is 196 Å². The van der Waals surface area contributed by atoms with Crippen molar-refractivity contribution in [1.82, 2.24) is 14.8 Å². The van der Waals surface area contributed by atoms with E-state index < -0.39 is 0 Å². The monoisotopic (exact) mass is 463 g/mol. The van der Waals surface area contributed by atoms with Crippen LogP contribution in [-0.2, 0) is 24.7 Å². The summed E-state index contributed by atoms with van der Waals surface area (Å²) in [5.74, 6) is 2.00. The highest BCUT2D eigenvalue weighted by Crippen LogP contribution is 2.54. The van der Waals surface area contributed by atoms with Crippen LogP contribution in [0.1, 0.15) is 64.9 Å².